The second-order valence-electron chi connectivity index (χ2n) is 7.94. The number of thioether (sulfide) groups is 1. The smallest absolute Gasteiger partial charge is 0.283 e. The van der Waals surface area contributed by atoms with E-state index in [9.17, 15) is 9.18 Å². The quantitative estimate of drug-likeness (QED) is 0.549. The maximum absolute atomic E-state index is 13.8. The largest absolute Gasteiger partial charge is 0.318 e. The lowest BCUT2D eigenvalue weighted by molar-refractivity contribution is -0.114. The number of aryl methyl sites for hydroxylation is 2. The van der Waals surface area contributed by atoms with Crippen molar-refractivity contribution in [3.05, 3.63) is 94.1 Å². The van der Waals surface area contributed by atoms with Gasteiger partial charge in [0.15, 0.2) is 5.84 Å². The number of hydrazone groups is 1. The third kappa shape index (κ3) is 3.72. The van der Waals surface area contributed by atoms with Gasteiger partial charge in [0.2, 0.25) is 5.17 Å². The minimum absolute atomic E-state index is 0.0179. The van der Waals surface area contributed by atoms with Crippen molar-refractivity contribution in [2.45, 2.75) is 20.8 Å². The first kappa shape index (κ1) is 21.1. The van der Waals surface area contributed by atoms with E-state index in [2.05, 4.69) is 10.1 Å². The summed E-state index contributed by atoms with van der Waals surface area (Å²) in [4.78, 5) is 17.0. The molecule has 0 fully saturated rings. The molecular formula is C25H20FN5OS. The first-order valence-corrected chi connectivity index (χ1v) is 11.2. The molecule has 0 spiro atoms. The zero-order chi connectivity index (χ0) is 23.3. The van der Waals surface area contributed by atoms with E-state index in [4.69, 9.17) is 5.41 Å². The van der Waals surface area contributed by atoms with Gasteiger partial charge in [0, 0.05) is 22.6 Å². The maximum atomic E-state index is 13.8. The number of hydrogen-bond donors (Lipinski definition) is 1. The summed E-state index contributed by atoms with van der Waals surface area (Å²) in [5.74, 6) is -0.814. The van der Waals surface area contributed by atoms with Crippen molar-refractivity contribution in [3.8, 4) is 5.69 Å². The molecule has 2 aliphatic rings. The van der Waals surface area contributed by atoms with Gasteiger partial charge in [0.1, 0.15) is 10.9 Å². The lowest BCUT2D eigenvalue weighted by Crippen LogP contribution is -2.35. The normalized spacial score (nSPS) is 16.8. The highest BCUT2D eigenvalue weighted by Crippen LogP contribution is 2.32. The number of carbonyl (C=O) groups excluding carboxylic acids is 1. The van der Waals surface area contributed by atoms with E-state index in [1.165, 1.54) is 28.9 Å². The Morgan fingerprint density at radius 3 is 2.61 bits per heavy atom. The molecule has 6 nitrogen and oxygen atoms in total. The summed E-state index contributed by atoms with van der Waals surface area (Å²) in [5, 5.41) is 15.7. The Hall–Kier alpha value is -3.78. The number of aromatic nitrogens is 1. The molecule has 2 aromatic carbocycles. The number of carbonyl (C=O) groups is 1. The molecule has 2 aliphatic heterocycles. The van der Waals surface area contributed by atoms with Crippen LogP contribution in [0.1, 0.15) is 28.1 Å². The van der Waals surface area contributed by atoms with Gasteiger partial charge in [-0.15, -0.1) is 0 Å². The number of nitrogens with zero attached hydrogens (tertiary/aromatic N) is 4. The van der Waals surface area contributed by atoms with Crippen LogP contribution in [0.4, 0.5) is 4.39 Å². The van der Waals surface area contributed by atoms with Crippen molar-refractivity contribution >= 4 is 39.8 Å². The van der Waals surface area contributed by atoms with Crippen molar-refractivity contribution < 1.29 is 9.18 Å². The van der Waals surface area contributed by atoms with E-state index in [1.54, 1.807) is 12.1 Å². The highest BCUT2D eigenvalue weighted by atomic mass is 32.2. The molecule has 0 saturated heterocycles. The summed E-state index contributed by atoms with van der Waals surface area (Å²) in [6, 6.07) is 16.2. The molecule has 0 radical (unpaired) electrons. The molecule has 33 heavy (non-hydrogen) atoms. The minimum atomic E-state index is -0.477. The number of fused-ring (bicyclic) bond motifs is 1. The Morgan fingerprint density at radius 1 is 1.06 bits per heavy atom. The van der Waals surface area contributed by atoms with Crippen molar-refractivity contribution in [2.24, 2.45) is 10.1 Å². The average molecular weight is 458 g/mol. The van der Waals surface area contributed by atoms with Crippen molar-refractivity contribution in [2.75, 3.05) is 0 Å². The highest BCUT2D eigenvalue weighted by Gasteiger charge is 2.36. The average Bonchev–Trinajstić information content (AvgIpc) is 3.31. The number of benzene rings is 2. The third-order valence-corrected chi connectivity index (χ3v) is 6.51. The van der Waals surface area contributed by atoms with Crippen LogP contribution >= 0.6 is 11.8 Å². The molecule has 3 heterocycles. The van der Waals surface area contributed by atoms with Gasteiger partial charge < -0.3 is 4.57 Å². The molecule has 1 aromatic heterocycles. The number of amides is 1. The van der Waals surface area contributed by atoms with Gasteiger partial charge in [0.05, 0.1) is 5.57 Å². The standard InChI is InChI=1S/C25H20FN5OS/c1-14-6-4-7-17(10-14)24-29-31-22(27)21(23(32)28-25(31)33-24)12-18-11-15(2)30(16(18)3)20-9-5-8-19(26)13-20/h4-13,27H,1-3H3/b21-12-,27-22?. The van der Waals surface area contributed by atoms with E-state index in [1.807, 2.05) is 61.7 Å². The summed E-state index contributed by atoms with van der Waals surface area (Å²) in [6.45, 7) is 5.82. The highest BCUT2D eigenvalue weighted by molar-refractivity contribution is 8.27. The summed E-state index contributed by atoms with van der Waals surface area (Å²) in [6.07, 6.45) is 1.66. The Bertz CT molecular complexity index is 1430. The molecule has 1 amide bonds. The van der Waals surface area contributed by atoms with Crippen LogP contribution in [-0.4, -0.2) is 31.5 Å². The number of aliphatic imine (C=N–C) groups is 1. The number of halogens is 1. The zero-order valence-corrected chi connectivity index (χ0v) is 19.1. The molecule has 0 bridgehead atoms. The summed E-state index contributed by atoms with van der Waals surface area (Å²) < 4.78 is 15.7. The zero-order valence-electron chi connectivity index (χ0n) is 18.3. The molecule has 8 heteroatoms. The van der Waals surface area contributed by atoms with E-state index >= 15 is 0 Å². The van der Waals surface area contributed by atoms with Crippen LogP contribution in [0.5, 0.6) is 0 Å². The third-order valence-electron chi connectivity index (χ3n) is 5.56. The molecular weight excluding hydrogens is 437 g/mol. The van der Waals surface area contributed by atoms with Crippen LogP contribution in [0.3, 0.4) is 0 Å². The lowest BCUT2D eigenvalue weighted by atomic mass is 10.1. The van der Waals surface area contributed by atoms with Crippen LogP contribution in [0.15, 0.2) is 70.3 Å². The fourth-order valence-electron chi connectivity index (χ4n) is 3.99. The predicted molar refractivity (Wildman–Crippen MR) is 130 cm³/mol. The fourth-order valence-corrected chi connectivity index (χ4v) is 4.88. The Labute approximate surface area is 194 Å². The monoisotopic (exact) mass is 457 g/mol. The van der Waals surface area contributed by atoms with Crippen molar-refractivity contribution in [1.82, 2.24) is 9.58 Å². The molecule has 0 unspecified atom stereocenters. The summed E-state index contributed by atoms with van der Waals surface area (Å²) in [5.41, 5.74) is 5.36. The molecule has 164 valence electrons. The Kier molecular flexibility index (Phi) is 5.09. The second kappa shape index (κ2) is 7.97. The van der Waals surface area contributed by atoms with E-state index in [0.717, 1.165) is 28.1 Å². The first-order valence-electron chi connectivity index (χ1n) is 10.3. The van der Waals surface area contributed by atoms with E-state index < -0.39 is 5.91 Å². The Balaban J connectivity index is 1.52. The van der Waals surface area contributed by atoms with Crippen LogP contribution < -0.4 is 0 Å². The molecule has 0 aliphatic carbocycles. The van der Waals surface area contributed by atoms with Crippen molar-refractivity contribution in [3.63, 3.8) is 0 Å². The van der Waals surface area contributed by atoms with Crippen LogP contribution in [0.2, 0.25) is 0 Å². The topological polar surface area (TPSA) is 73.8 Å². The molecule has 5 rings (SSSR count). The van der Waals surface area contributed by atoms with Gasteiger partial charge in [-0.25, -0.2) is 4.39 Å². The number of rotatable bonds is 3. The number of amidine groups is 2. The molecule has 0 saturated carbocycles. The van der Waals surface area contributed by atoms with Crippen LogP contribution in [-0.2, 0) is 4.79 Å². The first-order chi connectivity index (χ1) is 15.8. The van der Waals surface area contributed by atoms with Gasteiger partial charge in [-0.3, -0.25) is 10.2 Å². The van der Waals surface area contributed by atoms with Crippen LogP contribution in [0.25, 0.3) is 11.8 Å². The molecule has 1 N–H and O–H groups in total. The second-order valence-corrected chi connectivity index (χ2v) is 8.89. The van der Waals surface area contributed by atoms with Gasteiger partial charge in [-0.1, -0.05) is 29.8 Å². The lowest BCUT2D eigenvalue weighted by Gasteiger charge is -2.20. The van der Waals surface area contributed by atoms with Crippen LogP contribution in [0, 0.1) is 32.0 Å². The fraction of sp³-hybridized carbons (Fsp3) is 0.120. The maximum Gasteiger partial charge on any atom is 0.283 e. The summed E-state index contributed by atoms with van der Waals surface area (Å²) in [7, 11) is 0. The number of nitrogens with one attached hydrogen (secondary N) is 1. The summed E-state index contributed by atoms with van der Waals surface area (Å²) >= 11 is 1.28. The van der Waals surface area contributed by atoms with Gasteiger partial charge in [-0.2, -0.15) is 15.1 Å². The van der Waals surface area contributed by atoms with Gasteiger partial charge in [-0.05, 0) is 74.5 Å². The number of hydrogen-bond acceptors (Lipinski definition) is 4. The predicted octanol–water partition coefficient (Wildman–Crippen LogP) is 5.21. The molecule has 3 aromatic rings. The van der Waals surface area contributed by atoms with Crippen molar-refractivity contribution in [1.29, 1.82) is 5.41 Å². The van der Waals surface area contributed by atoms with E-state index in [0.29, 0.717) is 15.9 Å². The minimum Gasteiger partial charge on any atom is -0.318 e. The Morgan fingerprint density at radius 2 is 1.85 bits per heavy atom. The van der Waals surface area contributed by atoms with Gasteiger partial charge >= 0.3 is 0 Å². The molecule has 0 atom stereocenters. The van der Waals surface area contributed by atoms with Gasteiger partial charge in [0.25, 0.3) is 5.91 Å². The SMILES string of the molecule is Cc1cccc(C2=NN3C(=N)/C(=C/c4cc(C)n(-c5cccc(F)c5)c4C)C(=O)N=C3S2)c1. The van der Waals surface area contributed by atoms with E-state index in [-0.39, 0.29) is 17.2 Å².